The van der Waals surface area contributed by atoms with Gasteiger partial charge in [-0.2, -0.15) is 0 Å². The van der Waals surface area contributed by atoms with Gasteiger partial charge in [-0.05, 0) is 5.54 Å². The Hall–Kier alpha value is -0.353. The summed E-state index contributed by atoms with van der Waals surface area (Å²) < 4.78 is 0. The van der Waals surface area contributed by atoms with Crippen molar-refractivity contribution in [2.24, 2.45) is 5.40 Å². The Morgan fingerprint density at radius 1 is 1.75 bits per heavy atom. The number of hydrogen-bond acceptors (Lipinski definition) is 2. The Morgan fingerprint density at radius 3 is 2.12 bits per heavy atom. The second-order valence-electron chi connectivity index (χ2n) is 2.11. The molecule has 4 heteroatoms. The molecule has 3 N–H and O–H groups in total. The Labute approximate surface area is 50.2 Å². The van der Waals surface area contributed by atoms with Gasteiger partial charge in [-0.1, -0.05) is 13.8 Å². The summed E-state index contributed by atoms with van der Waals surface area (Å²) >= 11 is 0. The monoisotopic (exact) mass is 133 g/mol. The van der Waals surface area contributed by atoms with Crippen LogP contribution in [0.15, 0.2) is 0 Å². The van der Waals surface area contributed by atoms with Crippen molar-refractivity contribution in [2.75, 3.05) is 0 Å². The molecule has 0 unspecified atom stereocenters. The molecule has 0 amide bonds. The first-order valence-corrected chi connectivity index (χ1v) is 4.45. The first kappa shape index (κ1) is 7.65. The van der Waals surface area contributed by atoms with Crippen LogP contribution in [0, 0.1) is 0 Å². The maximum absolute atomic E-state index is 10.1. The number of hydrogen-bond donors (Lipinski definition) is 2. The Kier molecular flexibility index (Phi) is 2.71. The van der Waals surface area contributed by atoms with Crippen molar-refractivity contribution in [2.45, 2.75) is 19.4 Å². The van der Waals surface area contributed by atoms with Crippen molar-refractivity contribution >= 4 is 14.6 Å². The van der Waals surface area contributed by atoms with E-state index in [2.05, 4.69) is 0 Å². The lowest BCUT2D eigenvalue weighted by Gasteiger charge is -2.05. The molecule has 48 valence electrons. The minimum absolute atomic E-state index is 0.160. The highest BCUT2D eigenvalue weighted by atomic mass is 28.3. The molecule has 0 aliphatic rings. The molecule has 0 saturated carbocycles. The number of carboxylic acid groups (broad SMARTS) is 1. The fourth-order valence-electron chi connectivity index (χ4n) is 0.285. The first-order chi connectivity index (χ1) is 3.55. The van der Waals surface area contributed by atoms with Crippen molar-refractivity contribution in [1.29, 1.82) is 0 Å². The standard InChI is InChI=1S/C4H11NO2Si/c1-3(2)8(5)4(6)7/h3,8H,5H2,1-2H3,(H,6,7)/t8-/m0/s1. The van der Waals surface area contributed by atoms with E-state index >= 15 is 0 Å². The average molecular weight is 133 g/mol. The number of nitrogens with two attached hydrogens (primary N) is 1. The summed E-state index contributed by atoms with van der Waals surface area (Å²) in [5.41, 5.74) is -0.632. The molecule has 8 heavy (non-hydrogen) atoms. The molecule has 0 spiro atoms. The van der Waals surface area contributed by atoms with Crippen LogP contribution < -0.4 is 5.40 Å². The van der Waals surface area contributed by atoms with Gasteiger partial charge in [0.1, 0.15) is 0 Å². The van der Waals surface area contributed by atoms with Crippen molar-refractivity contribution in [3.8, 4) is 0 Å². The summed E-state index contributed by atoms with van der Waals surface area (Å²) in [7, 11) is -1.93. The van der Waals surface area contributed by atoms with Gasteiger partial charge in [-0.3, -0.25) is 4.79 Å². The van der Waals surface area contributed by atoms with Crippen LogP contribution >= 0.6 is 0 Å². The number of rotatable bonds is 2. The second kappa shape index (κ2) is 2.83. The third kappa shape index (κ3) is 2.09. The number of carbonyl (C=O) groups is 1. The zero-order chi connectivity index (χ0) is 6.73. The molecule has 0 fully saturated rings. The predicted molar refractivity (Wildman–Crippen MR) is 34.5 cm³/mol. The molecule has 0 bridgehead atoms. The SMILES string of the molecule is CC(C)[Si@H](N)C(=O)O. The zero-order valence-corrected chi connectivity index (χ0v) is 6.24. The maximum Gasteiger partial charge on any atom is 0.283 e. The average Bonchev–Trinajstić information content (AvgIpc) is 1.64. The molecular formula is C4H11NO2Si. The summed E-state index contributed by atoms with van der Waals surface area (Å²) in [5, 5.41) is 13.6. The van der Waals surface area contributed by atoms with Gasteiger partial charge in [-0.25, -0.2) is 0 Å². The lowest BCUT2D eigenvalue weighted by atomic mass is 10.6. The van der Waals surface area contributed by atoms with E-state index in [-0.39, 0.29) is 5.54 Å². The fraction of sp³-hybridized carbons (Fsp3) is 0.750. The highest BCUT2D eigenvalue weighted by Gasteiger charge is 2.17. The Balaban J connectivity index is 3.64. The van der Waals surface area contributed by atoms with Crippen LogP contribution in [0.3, 0.4) is 0 Å². The van der Waals surface area contributed by atoms with E-state index in [1.54, 1.807) is 0 Å². The quantitative estimate of drug-likeness (QED) is 0.534. The van der Waals surface area contributed by atoms with Crippen molar-refractivity contribution in [1.82, 2.24) is 0 Å². The molecule has 0 saturated heterocycles. The molecule has 0 aliphatic heterocycles. The minimum Gasteiger partial charge on any atom is -0.485 e. The third-order valence-electron chi connectivity index (χ3n) is 1.00. The fourth-order valence-corrected chi connectivity index (χ4v) is 0.855. The van der Waals surface area contributed by atoms with Crippen LogP contribution in [0.4, 0.5) is 4.79 Å². The predicted octanol–water partition coefficient (Wildman–Crippen LogP) is 0.339. The second-order valence-corrected chi connectivity index (χ2v) is 4.99. The first-order valence-electron chi connectivity index (χ1n) is 2.54. The van der Waals surface area contributed by atoms with Crippen LogP contribution in [-0.4, -0.2) is 19.7 Å². The lowest BCUT2D eigenvalue weighted by Crippen LogP contribution is -2.37. The van der Waals surface area contributed by atoms with Gasteiger partial charge in [-0.15, -0.1) is 0 Å². The molecule has 3 nitrogen and oxygen atoms in total. The third-order valence-corrected chi connectivity index (χ3v) is 3.01. The van der Waals surface area contributed by atoms with E-state index in [0.717, 1.165) is 0 Å². The van der Waals surface area contributed by atoms with Gasteiger partial charge >= 0.3 is 0 Å². The molecule has 0 aliphatic carbocycles. The van der Waals surface area contributed by atoms with Gasteiger partial charge in [0.2, 0.25) is 8.96 Å². The van der Waals surface area contributed by atoms with Crippen LogP contribution in [0.1, 0.15) is 13.8 Å². The van der Waals surface area contributed by atoms with Gasteiger partial charge in [0.25, 0.3) is 5.59 Å². The van der Waals surface area contributed by atoms with Crippen molar-refractivity contribution in [3.05, 3.63) is 0 Å². The summed E-state index contributed by atoms with van der Waals surface area (Å²) in [6.45, 7) is 3.68. The lowest BCUT2D eigenvalue weighted by molar-refractivity contribution is 0.218. The minimum atomic E-state index is -1.93. The van der Waals surface area contributed by atoms with Gasteiger partial charge in [0, 0.05) is 0 Å². The van der Waals surface area contributed by atoms with Crippen LogP contribution in [0.25, 0.3) is 0 Å². The van der Waals surface area contributed by atoms with Crippen LogP contribution in [0.5, 0.6) is 0 Å². The Morgan fingerprint density at radius 2 is 2.12 bits per heavy atom. The molecule has 0 rings (SSSR count). The normalized spacial score (nSPS) is 14.0. The molecule has 1 atom stereocenters. The summed E-state index contributed by atoms with van der Waals surface area (Å²) in [6.07, 6.45) is 0. The van der Waals surface area contributed by atoms with Gasteiger partial charge in [0.05, 0.1) is 0 Å². The molecule has 0 aromatic carbocycles. The summed E-state index contributed by atoms with van der Waals surface area (Å²) in [4.78, 5) is 10.1. The zero-order valence-electron chi connectivity index (χ0n) is 5.09. The van der Waals surface area contributed by atoms with E-state index in [1.807, 2.05) is 13.8 Å². The molecule has 0 heterocycles. The van der Waals surface area contributed by atoms with Gasteiger partial charge < -0.3 is 10.5 Å². The molecule has 0 radical (unpaired) electrons. The highest BCUT2D eigenvalue weighted by molar-refractivity contribution is 6.86. The Bertz CT molecular complexity index is 94.0. The summed E-state index contributed by atoms with van der Waals surface area (Å²) in [6, 6.07) is 0. The van der Waals surface area contributed by atoms with Crippen LogP contribution in [0.2, 0.25) is 5.54 Å². The molecular weight excluding hydrogens is 122 g/mol. The van der Waals surface area contributed by atoms with E-state index in [9.17, 15) is 4.79 Å². The van der Waals surface area contributed by atoms with E-state index in [4.69, 9.17) is 10.5 Å². The largest absolute Gasteiger partial charge is 0.485 e. The van der Waals surface area contributed by atoms with Crippen LogP contribution in [-0.2, 0) is 0 Å². The van der Waals surface area contributed by atoms with Crippen molar-refractivity contribution in [3.63, 3.8) is 0 Å². The highest BCUT2D eigenvalue weighted by Crippen LogP contribution is 2.01. The molecule has 0 aromatic heterocycles. The van der Waals surface area contributed by atoms with E-state index in [0.29, 0.717) is 0 Å². The topological polar surface area (TPSA) is 63.3 Å². The molecule has 0 aromatic rings. The smallest absolute Gasteiger partial charge is 0.283 e. The van der Waals surface area contributed by atoms with E-state index in [1.165, 1.54) is 0 Å². The van der Waals surface area contributed by atoms with Crippen molar-refractivity contribution < 1.29 is 9.90 Å². The van der Waals surface area contributed by atoms with Gasteiger partial charge in [0.15, 0.2) is 0 Å². The van der Waals surface area contributed by atoms with E-state index < -0.39 is 14.6 Å². The maximum atomic E-state index is 10.1. The summed E-state index contributed by atoms with van der Waals surface area (Å²) in [5.74, 6) is 0.